The number of phenolic OH excluding ortho intramolecular Hbond substituents is 1. The summed E-state index contributed by atoms with van der Waals surface area (Å²) in [6, 6.07) is 4.73. The minimum atomic E-state index is -0.823. The van der Waals surface area contributed by atoms with Crippen molar-refractivity contribution in [2.24, 2.45) is 11.8 Å². The van der Waals surface area contributed by atoms with Gasteiger partial charge in [-0.25, -0.2) is 0 Å². The molecule has 0 aromatic heterocycles. The molecule has 5 nitrogen and oxygen atoms in total. The lowest BCUT2D eigenvalue weighted by molar-refractivity contribution is -0.141. The summed E-state index contributed by atoms with van der Waals surface area (Å²) < 4.78 is 0. The lowest BCUT2D eigenvalue weighted by Crippen LogP contribution is -2.22. The number of rotatable bonds is 3. The number of hydrogen-bond acceptors (Lipinski definition) is 3. The highest BCUT2D eigenvalue weighted by Crippen LogP contribution is 2.32. The summed E-state index contributed by atoms with van der Waals surface area (Å²) in [5.74, 6) is -1.46. The monoisotopic (exact) mass is 263 g/mol. The Kier molecular flexibility index (Phi) is 3.74. The summed E-state index contributed by atoms with van der Waals surface area (Å²) >= 11 is 0. The molecule has 0 heterocycles. The zero-order chi connectivity index (χ0) is 14.0. The van der Waals surface area contributed by atoms with Crippen LogP contribution in [0.3, 0.4) is 0 Å². The first-order valence-corrected chi connectivity index (χ1v) is 6.30. The Morgan fingerprint density at radius 2 is 1.95 bits per heavy atom. The van der Waals surface area contributed by atoms with E-state index in [0.29, 0.717) is 24.9 Å². The first kappa shape index (κ1) is 13.4. The van der Waals surface area contributed by atoms with E-state index in [1.54, 1.807) is 19.1 Å². The summed E-state index contributed by atoms with van der Waals surface area (Å²) in [7, 11) is 0. The molecule has 102 valence electrons. The molecule has 3 N–H and O–H groups in total. The first-order chi connectivity index (χ1) is 8.97. The van der Waals surface area contributed by atoms with Crippen molar-refractivity contribution in [2.45, 2.75) is 26.2 Å². The lowest BCUT2D eigenvalue weighted by Gasteiger charge is -2.12. The molecule has 1 amide bonds. The third-order valence-electron chi connectivity index (χ3n) is 3.62. The molecule has 1 saturated carbocycles. The number of hydrogen-bond donors (Lipinski definition) is 3. The highest BCUT2D eigenvalue weighted by atomic mass is 16.4. The van der Waals surface area contributed by atoms with Gasteiger partial charge in [-0.05, 0) is 49.9 Å². The van der Waals surface area contributed by atoms with Crippen LogP contribution in [-0.4, -0.2) is 22.1 Å². The van der Waals surface area contributed by atoms with Crippen LogP contribution in [0, 0.1) is 18.8 Å². The Morgan fingerprint density at radius 3 is 2.53 bits per heavy atom. The molecule has 19 heavy (non-hydrogen) atoms. The van der Waals surface area contributed by atoms with Crippen molar-refractivity contribution in [2.75, 3.05) is 5.32 Å². The van der Waals surface area contributed by atoms with Crippen molar-refractivity contribution in [3.8, 4) is 5.75 Å². The second-order valence-electron chi connectivity index (χ2n) is 5.03. The van der Waals surface area contributed by atoms with Crippen LogP contribution >= 0.6 is 0 Å². The largest absolute Gasteiger partial charge is 0.508 e. The highest BCUT2D eigenvalue weighted by molar-refractivity contribution is 5.94. The number of carboxylic acids is 1. The first-order valence-electron chi connectivity index (χ1n) is 6.30. The van der Waals surface area contributed by atoms with Gasteiger partial charge in [0.15, 0.2) is 0 Å². The van der Waals surface area contributed by atoms with E-state index in [9.17, 15) is 14.7 Å². The van der Waals surface area contributed by atoms with E-state index >= 15 is 0 Å². The Morgan fingerprint density at radius 1 is 1.26 bits per heavy atom. The SMILES string of the molecule is Cc1cc(O)ccc1NC(=O)C1CCC(C(=O)O)C1. The minimum Gasteiger partial charge on any atom is -0.508 e. The maximum atomic E-state index is 12.1. The van der Waals surface area contributed by atoms with Gasteiger partial charge in [-0.2, -0.15) is 0 Å². The van der Waals surface area contributed by atoms with Gasteiger partial charge in [0.05, 0.1) is 5.92 Å². The van der Waals surface area contributed by atoms with Crippen LogP contribution in [-0.2, 0) is 9.59 Å². The fourth-order valence-corrected chi connectivity index (χ4v) is 2.47. The highest BCUT2D eigenvalue weighted by Gasteiger charge is 2.33. The summed E-state index contributed by atoms with van der Waals surface area (Å²) in [4.78, 5) is 22.9. The molecule has 2 unspecified atom stereocenters. The Balaban J connectivity index is 2.00. The molecule has 1 aliphatic carbocycles. The van der Waals surface area contributed by atoms with Crippen molar-refractivity contribution in [3.05, 3.63) is 23.8 Å². The van der Waals surface area contributed by atoms with Crippen molar-refractivity contribution < 1.29 is 19.8 Å². The zero-order valence-corrected chi connectivity index (χ0v) is 10.7. The van der Waals surface area contributed by atoms with Gasteiger partial charge in [0.1, 0.15) is 5.75 Å². The fraction of sp³-hybridized carbons (Fsp3) is 0.429. The predicted molar refractivity (Wildman–Crippen MR) is 69.9 cm³/mol. The predicted octanol–water partition coefficient (Wildman–Crippen LogP) is 2.14. The minimum absolute atomic E-state index is 0.141. The number of benzene rings is 1. The maximum absolute atomic E-state index is 12.1. The standard InChI is InChI=1S/C14H17NO4/c1-8-6-11(16)4-5-12(8)15-13(17)9-2-3-10(7-9)14(18)19/h4-6,9-10,16H,2-3,7H2,1H3,(H,15,17)(H,18,19). The molecular formula is C14H17NO4. The van der Waals surface area contributed by atoms with E-state index in [0.717, 1.165) is 5.56 Å². The van der Waals surface area contributed by atoms with Gasteiger partial charge >= 0.3 is 5.97 Å². The molecule has 1 aromatic rings. The Hall–Kier alpha value is -2.04. The van der Waals surface area contributed by atoms with E-state index in [1.165, 1.54) is 6.07 Å². The van der Waals surface area contributed by atoms with Gasteiger partial charge in [-0.15, -0.1) is 0 Å². The molecule has 0 aliphatic heterocycles. The quantitative estimate of drug-likeness (QED) is 0.729. The number of carbonyl (C=O) groups excluding carboxylic acids is 1. The molecular weight excluding hydrogens is 246 g/mol. The molecule has 1 aliphatic rings. The third-order valence-corrected chi connectivity index (χ3v) is 3.62. The topological polar surface area (TPSA) is 86.6 Å². The molecule has 0 bridgehead atoms. The van der Waals surface area contributed by atoms with Gasteiger partial charge in [-0.3, -0.25) is 9.59 Å². The Bertz CT molecular complexity index is 512. The molecule has 1 fully saturated rings. The van der Waals surface area contributed by atoms with Crippen LogP contribution in [0.2, 0.25) is 0 Å². The normalized spacial score (nSPS) is 22.2. The van der Waals surface area contributed by atoms with Crippen molar-refractivity contribution in [1.29, 1.82) is 0 Å². The lowest BCUT2D eigenvalue weighted by atomic mass is 10.0. The van der Waals surface area contributed by atoms with Crippen LogP contribution < -0.4 is 5.32 Å². The van der Waals surface area contributed by atoms with Gasteiger partial charge < -0.3 is 15.5 Å². The number of aryl methyl sites for hydroxylation is 1. The number of carbonyl (C=O) groups is 2. The second kappa shape index (κ2) is 5.30. The van der Waals surface area contributed by atoms with E-state index in [4.69, 9.17) is 5.11 Å². The Labute approximate surface area is 111 Å². The van der Waals surface area contributed by atoms with Crippen LogP contribution in [0.5, 0.6) is 5.75 Å². The smallest absolute Gasteiger partial charge is 0.306 e. The molecule has 2 atom stereocenters. The zero-order valence-electron chi connectivity index (χ0n) is 10.7. The van der Waals surface area contributed by atoms with Crippen molar-refractivity contribution >= 4 is 17.6 Å². The van der Waals surface area contributed by atoms with Crippen LogP contribution in [0.25, 0.3) is 0 Å². The van der Waals surface area contributed by atoms with Crippen LogP contribution in [0.15, 0.2) is 18.2 Å². The molecule has 0 saturated heterocycles. The molecule has 1 aromatic carbocycles. The third kappa shape index (κ3) is 3.05. The number of amides is 1. The van der Waals surface area contributed by atoms with Crippen LogP contribution in [0.4, 0.5) is 5.69 Å². The molecule has 5 heteroatoms. The van der Waals surface area contributed by atoms with E-state index in [-0.39, 0.29) is 17.6 Å². The van der Waals surface area contributed by atoms with Crippen molar-refractivity contribution in [3.63, 3.8) is 0 Å². The fourth-order valence-electron chi connectivity index (χ4n) is 2.47. The average Bonchev–Trinajstić information content (AvgIpc) is 2.82. The van der Waals surface area contributed by atoms with Gasteiger partial charge in [0.25, 0.3) is 0 Å². The molecule has 0 spiro atoms. The number of anilines is 1. The summed E-state index contributed by atoms with van der Waals surface area (Å²) in [6.07, 6.45) is 1.57. The number of carboxylic acid groups (broad SMARTS) is 1. The van der Waals surface area contributed by atoms with E-state index in [2.05, 4.69) is 5.32 Å². The number of nitrogens with one attached hydrogen (secondary N) is 1. The van der Waals surface area contributed by atoms with Crippen molar-refractivity contribution in [1.82, 2.24) is 0 Å². The maximum Gasteiger partial charge on any atom is 0.306 e. The summed E-state index contributed by atoms with van der Waals surface area (Å²) in [5, 5.41) is 21.0. The van der Waals surface area contributed by atoms with Gasteiger partial charge in [-0.1, -0.05) is 0 Å². The number of aromatic hydroxyl groups is 1. The summed E-state index contributed by atoms with van der Waals surface area (Å²) in [6.45, 7) is 1.80. The van der Waals surface area contributed by atoms with Crippen LogP contribution in [0.1, 0.15) is 24.8 Å². The van der Waals surface area contributed by atoms with E-state index < -0.39 is 11.9 Å². The van der Waals surface area contributed by atoms with E-state index in [1.807, 2.05) is 0 Å². The van der Waals surface area contributed by atoms with Gasteiger partial charge in [0, 0.05) is 11.6 Å². The van der Waals surface area contributed by atoms with Gasteiger partial charge in [0.2, 0.25) is 5.91 Å². The average molecular weight is 263 g/mol. The molecule has 0 radical (unpaired) electrons. The number of phenols is 1. The molecule has 2 rings (SSSR count). The summed E-state index contributed by atoms with van der Waals surface area (Å²) in [5.41, 5.74) is 1.43. The number of aliphatic carboxylic acids is 1. The second-order valence-corrected chi connectivity index (χ2v) is 5.03.